The first-order valence-electron chi connectivity index (χ1n) is 11.4. The van der Waals surface area contributed by atoms with E-state index in [0.717, 1.165) is 40.7 Å². The number of benzene rings is 2. The molecular formula is C27H38O2P+. The van der Waals surface area contributed by atoms with Gasteiger partial charge in [0, 0.05) is 16.3 Å². The van der Waals surface area contributed by atoms with Crippen molar-refractivity contribution in [2.24, 2.45) is 0 Å². The SMILES string of the molecule is CCC(C)(C)c1cc(C(C)(C)CC)c2o[p+](=O)c3cc(C(C)(C)CC)ccc3c2c1. The Kier molecular flexibility index (Phi) is 5.98. The fraction of sp³-hybridized carbons (Fsp3) is 0.556. The van der Waals surface area contributed by atoms with Gasteiger partial charge in [0.15, 0.2) is 5.58 Å². The van der Waals surface area contributed by atoms with Gasteiger partial charge in [-0.15, -0.1) is 0 Å². The third kappa shape index (κ3) is 3.84. The molecule has 3 heteroatoms. The second kappa shape index (κ2) is 7.79. The van der Waals surface area contributed by atoms with Gasteiger partial charge in [-0.05, 0) is 69.4 Å². The fourth-order valence-electron chi connectivity index (χ4n) is 3.88. The topological polar surface area (TPSA) is 30.2 Å². The summed E-state index contributed by atoms with van der Waals surface area (Å²) in [7, 11) is -1.92. The van der Waals surface area contributed by atoms with Crippen LogP contribution < -0.4 is 0 Å². The van der Waals surface area contributed by atoms with E-state index in [1.165, 1.54) is 16.7 Å². The van der Waals surface area contributed by atoms with Crippen molar-refractivity contribution in [1.29, 1.82) is 0 Å². The zero-order valence-electron chi connectivity index (χ0n) is 20.3. The fourth-order valence-corrected chi connectivity index (χ4v) is 4.98. The van der Waals surface area contributed by atoms with E-state index in [4.69, 9.17) is 4.20 Å². The average Bonchev–Trinajstić information content (AvgIpc) is 2.72. The van der Waals surface area contributed by atoms with Gasteiger partial charge >= 0.3 is 7.65 Å². The van der Waals surface area contributed by atoms with Gasteiger partial charge in [-0.25, -0.2) is 4.20 Å². The molecule has 0 aliphatic heterocycles. The van der Waals surface area contributed by atoms with Crippen molar-refractivity contribution in [1.82, 2.24) is 0 Å². The minimum absolute atomic E-state index is 0.0485. The van der Waals surface area contributed by atoms with Crippen LogP contribution in [-0.2, 0) is 20.8 Å². The maximum absolute atomic E-state index is 13.2. The van der Waals surface area contributed by atoms with E-state index in [9.17, 15) is 4.57 Å². The van der Waals surface area contributed by atoms with Gasteiger partial charge < -0.3 is 0 Å². The van der Waals surface area contributed by atoms with Crippen LogP contribution in [0.25, 0.3) is 21.5 Å². The summed E-state index contributed by atoms with van der Waals surface area (Å²) in [5.74, 6) is 0. The molecule has 0 fully saturated rings. The highest BCUT2D eigenvalue weighted by Crippen LogP contribution is 2.44. The van der Waals surface area contributed by atoms with E-state index in [2.05, 4.69) is 92.6 Å². The standard InChI is InChI=1S/C27H38O2P/c1-10-25(4,5)18-13-14-20-21-15-19(26(6,7)11-2)16-22(27(8,9)12-3)24(21)29-30(28)23(20)17-18/h13-17H,10-12H2,1-9H3/q+1. The van der Waals surface area contributed by atoms with Gasteiger partial charge in [-0.1, -0.05) is 74.4 Å². The molecule has 162 valence electrons. The molecule has 3 rings (SSSR count). The van der Waals surface area contributed by atoms with Gasteiger partial charge in [0.25, 0.3) is 0 Å². The van der Waals surface area contributed by atoms with Crippen LogP contribution in [0.4, 0.5) is 0 Å². The summed E-state index contributed by atoms with van der Waals surface area (Å²) in [6.07, 6.45) is 3.08. The van der Waals surface area contributed by atoms with Crippen LogP contribution in [-0.4, -0.2) is 0 Å². The molecule has 3 aromatic rings. The normalized spacial score (nSPS) is 14.0. The van der Waals surface area contributed by atoms with Crippen LogP contribution >= 0.6 is 7.65 Å². The Labute approximate surface area is 182 Å². The molecule has 2 nitrogen and oxygen atoms in total. The van der Waals surface area contributed by atoms with Crippen molar-refractivity contribution in [2.75, 3.05) is 0 Å². The summed E-state index contributed by atoms with van der Waals surface area (Å²) in [6.45, 7) is 20.2. The Morgan fingerprint density at radius 3 is 1.87 bits per heavy atom. The second-order valence-electron chi connectivity index (χ2n) is 10.7. The predicted octanol–water partition coefficient (Wildman–Crippen LogP) is 9.39. The molecule has 0 radical (unpaired) electrons. The summed E-state index contributed by atoms with van der Waals surface area (Å²) in [4.78, 5) is 0. The lowest BCUT2D eigenvalue weighted by atomic mass is 9.75. The van der Waals surface area contributed by atoms with E-state index in [-0.39, 0.29) is 16.2 Å². The maximum atomic E-state index is 13.2. The Balaban J connectivity index is 2.48. The highest BCUT2D eigenvalue weighted by atomic mass is 31.1. The first kappa shape index (κ1) is 23.0. The largest absolute Gasteiger partial charge is 0.597 e. The van der Waals surface area contributed by atoms with Crippen LogP contribution in [0.1, 0.15) is 98.3 Å². The Morgan fingerprint density at radius 1 is 0.733 bits per heavy atom. The molecule has 30 heavy (non-hydrogen) atoms. The van der Waals surface area contributed by atoms with Gasteiger partial charge in [-0.3, -0.25) is 0 Å². The maximum Gasteiger partial charge on any atom is 0.597 e. The number of fused-ring (bicyclic) bond motifs is 3. The molecule has 0 saturated heterocycles. The molecule has 0 aliphatic rings. The third-order valence-electron chi connectivity index (χ3n) is 7.69. The lowest BCUT2D eigenvalue weighted by Crippen LogP contribution is -2.20. The van der Waals surface area contributed by atoms with Crippen LogP contribution in [0.5, 0.6) is 0 Å². The second-order valence-corrected chi connectivity index (χ2v) is 11.9. The Bertz CT molecular complexity index is 1150. The van der Waals surface area contributed by atoms with E-state index >= 15 is 0 Å². The van der Waals surface area contributed by atoms with Crippen molar-refractivity contribution in [3.63, 3.8) is 0 Å². The summed E-state index contributed by atoms with van der Waals surface area (Å²) in [5, 5.41) is 2.99. The summed E-state index contributed by atoms with van der Waals surface area (Å²) < 4.78 is 19.4. The molecule has 0 N–H and O–H groups in total. The average molecular weight is 426 g/mol. The molecule has 0 spiro atoms. The number of hydrogen-bond acceptors (Lipinski definition) is 2. The molecule has 0 aliphatic carbocycles. The first-order chi connectivity index (χ1) is 13.9. The van der Waals surface area contributed by atoms with Crippen LogP contribution in [0.3, 0.4) is 0 Å². The smallest absolute Gasteiger partial charge is 0.249 e. The highest BCUT2D eigenvalue weighted by molar-refractivity contribution is 7.37. The molecule has 1 atom stereocenters. The minimum atomic E-state index is -1.92. The van der Waals surface area contributed by atoms with E-state index in [0.29, 0.717) is 0 Å². The first-order valence-corrected chi connectivity index (χ1v) is 12.5. The van der Waals surface area contributed by atoms with Crippen LogP contribution in [0, 0.1) is 0 Å². The Hall–Kier alpha value is -1.66. The van der Waals surface area contributed by atoms with E-state index in [1.54, 1.807) is 0 Å². The molecule has 0 bridgehead atoms. The molecule has 1 heterocycles. The van der Waals surface area contributed by atoms with Crippen LogP contribution in [0.2, 0.25) is 0 Å². The monoisotopic (exact) mass is 425 g/mol. The Morgan fingerprint density at radius 2 is 1.30 bits per heavy atom. The molecule has 0 saturated carbocycles. The van der Waals surface area contributed by atoms with E-state index in [1.807, 2.05) is 0 Å². The zero-order valence-corrected chi connectivity index (χ0v) is 21.2. The molecule has 1 aromatic heterocycles. The van der Waals surface area contributed by atoms with Gasteiger partial charge in [0.2, 0.25) is 5.12 Å². The van der Waals surface area contributed by atoms with Gasteiger partial charge in [0.1, 0.15) is 0 Å². The van der Waals surface area contributed by atoms with Crippen molar-refractivity contribution < 1.29 is 8.76 Å². The quantitative estimate of drug-likeness (QED) is 0.368. The molecular weight excluding hydrogens is 387 g/mol. The number of rotatable bonds is 6. The predicted molar refractivity (Wildman–Crippen MR) is 131 cm³/mol. The molecule has 0 amide bonds. The van der Waals surface area contributed by atoms with E-state index < -0.39 is 7.65 Å². The van der Waals surface area contributed by atoms with Crippen LogP contribution in [0.15, 0.2) is 34.5 Å². The lowest BCUT2D eigenvalue weighted by Gasteiger charge is -2.29. The summed E-state index contributed by atoms with van der Waals surface area (Å²) in [5.41, 5.74) is 4.59. The molecule has 2 aromatic carbocycles. The summed E-state index contributed by atoms with van der Waals surface area (Å²) >= 11 is 0. The minimum Gasteiger partial charge on any atom is -0.249 e. The summed E-state index contributed by atoms with van der Waals surface area (Å²) in [6, 6.07) is 11.1. The number of hydrogen-bond donors (Lipinski definition) is 0. The van der Waals surface area contributed by atoms with Crippen molar-refractivity contribution in [2.45, 2.75) is 97.8 Å². The lowest BCUT2D eigenvalue weighted by molar-refractivity contribution is 0.486. The molecule has 1 unspecified atom stereocenters. The third-order valence-corrected chi connectivity index (χ3v) is 8.80. The van der Waals surface area contributed by atoms with Crippen molar-refractivity contribution in [3.05, 3.63) is 47.0 Å². The zero-order chi connectivity index (χ0) is 22.5. The van der Waals surface area contributed by atoms with Gasteiger partial charge in [0.05, 0.1) is 0 Å². The van der Waals surface area contributed by atoms with Crippen molar-refractivity contribution >= 4 is 29.1 Å². The van der Waals surface area contributed by atoms with Gasteiger partial charge in [-0.2, -0.15) is 0 Å². The highest BCUT2D eigenvalue weighted by Gasteiger charge is 2.31. The van der Waals surface area contributed by atoms with Crippen molar-refractivity contribution in [3.8, 4) is 0 Å².